The van der Waals surface area contributed by atoms with Crippen molar-refractivity contribution in [3.8, 4) is 0 Å². The zero-order valence-corrected chi connectivity index (χ0v) is 9.05. The summed E-state index contributed by atoms with van der Waals surface area (Å²) in [4.78, 5) is 11.4. The first-order valence-electron chi connectivity index (χ1n) is 4.93. The van der Waals surface area contributed by atoms with Crippen molar-refractivity contribution in [3.05, 3.63) is 35.1 Å². The van der Waals surface area contributed by atoms with E-state index in [-0.39, 0.29) is 5.78 Å². The normalized spacial score (nSPS) is 24.6. The van der Waals surface area contributed by atoms with Crippen molar-refractivity contribution in [3.63, 3.8) is 0 Å². The molecule has 0 aromatic heterocycles. The number of likely N-dealkylation sites (N-methyl/N-ethyl adjacent to an activating group) is 1. The van der Waals surface area contributed by atoms with Gasteiger partial charge in [-0.2, -0.15) is 0 Å². The fraction of sp³-hybridized carbons (Fsp3) is 0.417. The Morgan fingerprint density at radius 2 is 2.00 bits per heavy atom. The number of rotatable bonds is 2. The number of hydrogen-bond acceptors (Lipinski definition) is 2. The van der Waals surface area contributed by atoms with Gasteiger partial charge in [0.2, 0.25) is 0 Å². The van der Waals surface area contributed by atoms with Gasteiger partial charge in [-0.25, -0.2) is 0 Å². The number of ketones is 1. The van der Waals surface area contributed by atoms with Crippen LogP contribution in [0.1, 0.15) is 26.7 Å². The van der Waals surface area contributed by atoms with Crippen LogP contribution < -0.4 is 5.32 Å². The van der Waals surface area contributed by atoms with Gasteiger partial charge in [-0.15, -0.1) is 0 Å². The molecule has 0 bridgehead atoms. The van der Waals surface area contributed by atoms with Crippen molar-refractivity contribution in [2.45, 2.75) is 26.7 Å². The molecule has 0 saturated carbocycles. The van der Waals surface area contributed by atoms with Gasteiger partial charge in [0, 0.05) is 18.3 Å². The number of carbonyl (C=O) groups is 1. The molecule has 0 spiro atoms. The second-order valence-corrected chi connectivity index (χ2v) is 3.51. The highest BCUT2D eigenvalue weighted by atomic mass is 16.1. The molecule has 0 fully saturated rings. The Hall–Kier alpha value is -1.31. The topological polar surface area (TPSA) is 29.1 Å². The van der Waals surface area contributed by atoms with E-state index >= 15 is 0 Å². The van der Waals surface area contributed by atoms with Gasteiger partial charge in [-0.05, 0) is 32.8 Å². The van der Waals surface area contributed by atoms with Gasteiger partial charge in [-0.1, -0.05) is 17.7 Å². The van der Waals surface area contributed by atoms with Crippen LogP contribution in [-0.2, 0) is 4.79 Å². The second kappa shape index (κ2) is 4.80. The molecule has 1 aliphatic rings. The standard InChI is InChI=1S/C12H17NO/c1-9-6-4-5-7-12(13-3)11(8-9)10(2)14/h6-8,13H,4-5H2,1-3H3/b9-6-,11-8-,12-7?. The molecule has 2 nitrogen and oxygen atoms in total. The Morgan fingerprint density at radius 1 is 1.36 bits per heavy atom. The largest absolute Gasteiger partial charge is 0.388 e. The second-order valence-electron chi connectivity index (χ2n) is 3.51. The van der Waals surface area contributed by atoms with Gasteiger partial charge in [0.05, 0.1) is 0 Å². The van der Waals surface area contributed by atoms with Crippen LogP contribution in [0.2, 0.25) is 0 Å². The molecule has 76 valence electrons. The Bertz CT molecular complexity index is 321. The van der Waals surface area contributed by atoms with E-state index in [1.54, 1.807) is 6.92 Å². The summed E-state index contributed by atoms with van der Waals surface area (Å²) in [5.74, 6) is 0.111. The lowest BCUT2D eigenvalue weighted by Crippen LogP contribution is -2.14. The van der Waals surface area contributed by atoms with Crippen molar-refractivity contribution in [1.29, 1.82) is 0 Å². The Balaban J connectivity index is 3.10. The maximum Gasteiger partial charge on any atom is 0.161 e. The molecule has 0 aliphatic heterocycles. The molecule has 0 amide bonds. The quantitative estimate of drug-likeness (QED) is 0.726. The van der Waals surface area contributed by atoms with E-state index in [4.69, 9.17) is 0 Å². The summed E-state index contributed by atoms with van der Waals surface area (Å²) < 4.78 is 0. The molecule has 0 radical (unpaired) electrons. The van der Waals surface area contributed by atoms with Crippen LogP contribution in [-0.4, -0.2) is 12.8 Å². The first-order valence-corrected chi connectivity index (χ1v) is 4.93. The van der Waals surface area contributed by atoms with Crippen LogP contribution in [0.5, 0.6) is 0 Å². The van der Waals surface area contributed by atoms with Crippen LogP contribution in [0.25, 0.3) is 0 Å². The van der Waals surface area contributed by atoms with Crippen LogP contribution >= 0.6 is 0 Å². The average molecular weight is 191 g/mol. The molecule has 0 heterocycles. The van der Waals surface area contributed by atoms with E-state index in [0.717, 1.165) is 29.7 Å². The summed E-state index contributed by atoms with van der Waals surface area (Å²) in [6, 6.07) is 0. The first kappa shape index (κ1) is 10.8. The average Bonchev–Trinajstić information content (AvgIpc) is 2.11. The van der Waals surface area contributed by atoms with Crippen LogP contribution in [0.15, 0.2) is 35.1 Å². The smallest absolute Gasteiger partial charge is 0.161 e. The molecule has 2 heteroatoms. The van der Waals surface area contributed by atoms with Gasteiger partial charge >= 0.3 is 0 Å². The fourth-order valence-corrected chi connectivity index (χ4v) is 1.54. The number of allylic oxidation sites excluding steroid dienone is 5. The van der Waals surface area contributed by atoms with E-state index in [9.17, 15) is 4.79 Å². The highest BCUT2D eigenvalue weighted by Gasteiger charge is 2.09. The molecule has 0 aromatic rings. The number of carbonyl (C=O) groups excluding carboxylic acids is 1. The Labute approximate surface area is 85.4 Å². The Morgan fingerprint density at radius 3 is 2.57 bits per heavy atom. The van der Waals surface area contributed by atoms with Gasteiger partial charge < -0.3 is 5.32 Å². The summed E-state index contributed by atoms with van der Waals surface area (Å²) in [5.41, 5.74) is 2.89. The number of nitrogens with one attached hydrogen (secondary N) is 1. The number of hydrogen-bond donors (Lipinski definition) is 1. The van der Waals surface area contributed by atoms with Crippen molar-refractivity contribution in [2.75, 3.05) is 7.05 Å². The molecule has 14 heavy (non-hydrogen) atoms. The maximum atomic E-state index is 11.4. The van der Waals surface area contributed by atoms with Crippen LogP contribution in [0, 0.1) is 0 Å². The minimum atomic E-state index is 0.111. The molecule has 0 atom stereocenters. The molecule has 0 unspecified atom stereocenters. The van der Waals surface area contributed by atoms with Crippen molar-refractivity contribution >= 4 is 5.78 Å². The lowest BCUT2D eigenvalue weighted by Gasteiger charge is -2.11. The monoisotopic (exact) mass is 191 g/mol. The summed E-state index contributed by atoms with van der Waals surface area (Å²) in [7, 11) is 1.85. The SMILES string of the molecule is CNC1=CCC/C=C(C)\C=C/1C(C)=O. The van der Waals surface area contributed by atoms with E-state index in [1.807, 2.05) is 20.0 Å². The molecule has 1 N–H and O–H groups in total. The minimum Gasteiger partial charge on any atom is -0.388 e. The summed E-state index contributed by atoms with van der Waals surface area (Å²) in [6.07, 6.45) is 8.21. The third kappa shape index (κ3) is 2.59. The van der Waals surface area contributed by atoms with Gasteiger partial charge in [0.1, 0.15) is 0 Å². The van der Waals surface area contributed by atoms with Crippen LogP contribution in [0.4, 0.5) is 0 Å². The molecule has 1 rings (SSSR count). The van der Waals surface area contributed by atoms with Gasteiger partial charge in [0.25, 0.3) is 0 Å². The fourth-order valence-electron chi connectivity index (χ4n) is 1.54. The lowest BCUT2D eigenvalue weighted by atomic mass is 10.0. The lowest BCUT2D eigenvalue weighted by molar-refractivity contribution is -0.113. The van der Waals surface area contributed by atoms with Crippen molar-refractivity contribution in [2.24, 2.45) is 0 Å². The van der Waals surface area contributed by atoms with Crippen molar-refractivity contribution < 1.29 is 4.79 Å². The molecule has 1 aliphatic carbocycles. The Kier molecular flexibility index (Phi) is 3.69. The highest BCUT2D eigenvalue weighted by Crippen LogP contribution is 2.16. The van der Waals surface area contributed by atoms with E-state index in [0.29, 0.717) is 0 Å². The first-order chi connectivity index (χ1) is 6.65. The predicted molar refractivity (Wildman–Crippen MR) is 58.9 cm³/mol. The third-order valence-corrected chi connectivity index (χ3v) is 2.29. The predicted octanol–water partition coefficient (Wildman–Crippen LogP) is 2.35. The van der Waals surface area contributed by atoms with E-state index < -0.39 is 0 Å². The van der Waals surface area contributed by atoms with Gasteiger partial charge in [-0.3, -0.25) is 4.79 Å². The van der Waals surface area contributed by atoms with Crippen molar-refractivity contribution in [1.82, 2.24) is 5.32 Å². The summed E-state index contributed by atoms with van der Waals surface area (Å²) >= 11 is 0. The molecular formula is C12H17NO. The van der Waals surface area contributed by atoms with Gasteiger partial charge in [0.15, 0.2) is 5.78 Å². The minimum absolute atomic E-state index is 0.111. The van der Waals surface area contributed by atoms with E-state index in [2.05, 4.69) is 17.5 Å². The number of Topliss-reactive ketones (excluding diaryl/α,β-unsaturated/α-hetero) is 1. The van der Waals surface area contributed by atoms with E-state index in [1.165, 1.54) is 0 Å². The zero-order chi connectivity index (χ0) is 10.6. The zero-order valence-electron chi connectivity index (χ0n) is 9.05. The summed E-state index contributed by atoms with van der Waals surface area (Å²) in [6.45, 7) is 3.63. The summed E-state index contributed by atoms with van der Waals surface area (Å²) in [5, 5.41) is 3.07. The van der Waals surface area contributed by atoms with Crippen LogP contribution in [0.3, 0.4) is 0 Å². The molecule has 0 aromatic carbocycles. The maximum absolute atomic E-state index is 11.4. The molecular weight excluding hydrogens is 174 g/mol. The highest BCUT2D eigenvalue weighted by molar-refractivity contribution is 5.98. The molecule has 0 saturated heterocycles. The third-order valence-electron chi connectivity index (χ3n) is 2.29.